The minimum atomic E-state index is -0.0433. The Hall–Kier alpha value is -3.91. The molecule has 2 nitrogen and oxygen atoms in total. The fourth-order valence-electron chi connectivity index (χ4n) is 5.07. The summed E-state index contributed by atoms with van der Waals surface area (Å²) in [5.74, 6) is 0.864. The Labute approximate surface area is 222 Å². The number of aliphatic imine (C=N–C) groups is 1. The maximum absolute atomic E-state index is 4.59. The molecule has 0 unspecified atom stereocenters. The number of fused-ring (bicyclic) bond motifs is 3. The Morgan fingerprint density at radius 1 is 0.757 bits per heavy atom. The SMILES string of the molecule is CC.CN=C(N/C(=C\Cc1ccccc1)c1ccc2c(c1)C(C)(C)c1cc(C)ccc1-2)c1ccccc1. The van der Waals surface area contributed by atoms with Crippen LogP contribution in [0.3, 0.4) is 0 Å². The number of nitrogens with one attached hydrogen (secondary N) is 1. The number of aryl methyl sites for hydroxylation is 1. The van der Waals surface area contributed by atoms with Crippen LogP contribution in [-0.2, 0) is 11.8 Å². The van der Waals surface area contributed by atoms with Crippen LogP contribution >= 0.6 is 0 Å². The summed E-state index contributed by atoms with van der Waals surface area (Å²) in [6.45, 7) is 10.9. The number of allylic oxidation sites excluding steroid dienone is 1. The van der Waals surface area contributed by atoms with E-state index in [-0.39, 0.29) is 5.41 Å². The van der Waals surface area contributed by atoms with E-state index in [4.69, 9.17) is 0 Å². The lowest BCUT2D eigenvalue weighted by Gasteiger charge is -2.23. The van der Waals surface area contributed by atoms with Gasteiger partial charge in [0.05, 0.1) is 0 Å². The molecule has 5 rings (SSSR count). The van der Waals surface area contributed by atoms with Crippen molar-refractivity contribution in [1.29, 1.82) is 0 Å². The van der Waals surface area contributed by atoms with Gasteiger partial charge >= 0.3 is 0 Å². The molecule has 0 spiro atoms. The van der Waals surface area contributed by atoms with E-state index in [2.05, 4.69) is 116 Å². The minimum Gasteiger partial charge on any atom is -0.340 e. The largest absolute Gasteiger partial charge is 0.340 e. The van der Waals surface area contributed by atoms with Crippen molar-refractivity contribution in [3.63, 3.8) is 0 Å². The van der Waals surface area contributed by atoms with E-state index in [1.54, 1.807) is 0 Å². The molecule has 0 radical (unpaired) electrons. The molecule has 188 valence electrons. The van der Waals surface area contributed by atoms with E-state index in [0.717, 1.165) is 23.5 Å². The average Bonchev–Trinajstić information content (AvgIpc) is 3.16. The van der Waals surface area contributed by atoms with Crippen molar-refractivity contribution in [3.8, 4) is 11.1 Å². The lowest BCUT2D eigenvalue weighted by atomic mass is 9.81. The highest BCUT2D eigenvalue weighted by Gasteiger charge is 2.35. The van der Waals surface area contributed by atoms with Crippen molar-refractivity contribution in [3.05, 3.63) is 137 Å². The van der Waals surface area contributed by atoms with Crippen molar-refractivity contribution in [2.45, 2.75) is 46.5 Å². The van der Waals surface area contributed by atoms with Crippen LogP contribution in [0, 0.1) is 6.92 Å². The van der Waals surface area contributed by atoms with Gasteiger partial charge in [-0.2, -0.15) is 0 Å². The molecule has 1 N–H and O–H groups in total. The average molecular weight is 487 g/mol. The predicted octanol–water partition coefficient (Wildman–Crippen LogP) is 8.58. The summed E-state index contributed by atoms with van der Waals surface area (Å²) in [7, 11) is 1.84. The normalized spacial score (nSPS) is 13.8. The Kier molecular flexibility index (Phi) is 8.08. The van der Waals surface area contributed by atoms with Crippen molar-refractivity contribution >= 4 is 11.5 Å². The van der Waals surface area contributed by atoms with Gasteiger partial charge in [0.1, 0.15) is 5.84 Å². The second-order valence-electron chi connectivity index (χ2n) is 9.81. The zero-order valence-electron chi connectivity index (χ0n) is 23.0. The van der Waals surface area contributed by atoms with Crippen LogP contribution in [0.15, 0.2) is 108 Å². The summed E-state index contributed by atoms with van der Waals surface area (Å²) in [6, 6.07) is 34.6. The molecule has 37 heavy (non-hydrogen) atoms. The summed E-state index contributed by atoms with van der Waals surface area (Å²) in [5, 5.41) is 3.67. The summed E-state index contributed by atoms with van der Waals surface area (Å²) in [4.78, 5) is 4.59. The van der Waals surface area contributed by atoms with Crippen LogP contribution in [0.25, 0.3) is 16.8 Å². The Bertz CT molecular complexity index is 1410. The fourth-order valence-corrected chi connectivity index (χ4v) is 5.07. The zero-order valence-corrected chi connectivity index (χ0v) is 23.0. The van der Waals surface area contributed by atoms with Gasteiger partial charge in [0.15, 0.2) is 0 Å². The lowest BCUT2D eigenvalue weighted by molar-refractivity contribution is 0.659. The molecule has 0 aromatic heterocycles. The molecule has 0 aliphatic heterocycles. The topological polar surface area (TPSA) is 24.4 Å². The number of rotatable bonds is 5. The van der Waals surface area contributed by atoms with Gasteiger partial charge in [-0.3, -0.25) is 4.99 Å². The van der Waals surface area contributed by atoms with Crippen LogP contribution in [0.2, 0.25) is 0 Å². The quantitative estimate of drug-likeness (QED) is 0.222. The molecule has 1 aliphatic carbocycles. The Morgan fingerprint density at radius 3 is 2.00 bits per heavy atom. The van der Waals surface area contributed by atoms with Crippen LogP contribution in [0.1, 0.15) is 61.1 Å². The van der Waals surface area contributed by atoms with Crippen molar-refractivity contribution in [2.24, 2.45) is 4.99 Å². The molecule has 2 heteroatoms. The molecule has 0 amide bonds. The standard InChI is InChI=1S/C33H32N2.C2H6/c1-23-15-18-27-28-19-17-26(22-30(28)33(2,3)29(27)21-23)31(20-16-24-11-7-5-8-12-24)35-32(34-4)25-13-9-6-10-14-25;1-2/h5-15,17-22H,16H2,1-4H3,(H,34,35);1-2H3/b31-20-;. The van der Waals surface area contributed by atoms with Crippen LogP contribution in [-0.4, -0.2) is 12.9 Å². The molecule has 4 aromatic rings. The first-order valence-corrected chi connectivity index (χ1v) is 13.3. The number of amidine groups is 1. The number of hydrogen-bond acceptors (Lipinski definition) is 1. The highest BCUT2D eigenvalue weighted by molar-refractivity contribution is 6.03. The lowest BCUT2D eigenvalue weighted by Crippen LogP contribution is -2.23. The van der Waals surface area contributed by atoms with Gasteiger partial charge in [0, 0.05) is 23.7 Å². The van der Waals surface area contributed by atoms with E-state index in [9.17, 15) is 0 Å². The third-order valence-corrected chi connectivity index (χ3v) is 7.05. The van der Waals surface area contributed by atoms with E-state index in [1.807, 2.05) is 39.1 Å². The molecule has 0 saturated heterocycles. The molecule has 0 heterocycles. The molecule has 1 aliphatic rings. The Morgan fingerprint density at radius 2 is 1.35 bits per heavy atom. The minimum absolute atomic E-state index is 0.0433. The summed E-state index contributed by atoms with van der Waals surface area (Å²) < 4.78 is 0. The number of benzene rings is 4. The van der Waals surface area contributed by atoms with E-state index in [0.29, 0.717) is 0 Å². The second kappa shape index (κ2) is 11.4. The smallest absolute Gasteiger partial charge is 0.132 e. The Balaban J connectivity index is 0.00000156. The van der Waals surface area contributed by atoms with Gasteiger partial charge in [0.25, 0.3) is 0 Å². The van der Waals surface area contributed by atoms with Crippen molar-refractivity contribution < 1.29 is 0 Å². The molecular weight excluding hydrogens is 448 g/mol. The number of nitrogens with zero attached hydrogens (tertiary/aromatic N) is 1. The third kappa shape index (κ3) is 5.44. The van der Waals surface area contributed by atoms with Crippen molar-refractivity contribution in [1.82, 2.24) is 5.32 Å². The van der Waals surface area contributed by atoms with Crippen LogP contribution in [0.4, 0.5) is 0 Å². The first-order valence-electron chi connectivity index (χ1n) is 13.3. The zero-order chi connectivity index (χ0) is 26.4. The monoisotopic (exact) mass is 486 g/mol. The van der Waals surface area contributed by atoms with Gasteiger partial charge in [0.2, 0.25) is 0 Å². The predicted molar refractivity (Wildman–Crippen MR) is 160 cm³/mol. The van der Waals surface area contributed by atoms with Gasteiger partial charge in [-0.05, 0) is 52.8 Å². The fraction of sp³-hybridized carbons (Fsp3) is 0.229. The molecule has 0 atom stereocenters. The van der Waals surface area contributed by atoms with E-state index >= 15 is 0 Å². The molecule has 0 fully saturated rings. The molecule has 0 saturated carbocycles. The number of hydrogen-bond donors (Lipinski definition) is 1. The second-order valence-corrected chi connectivity index (χ2v) is 9.81. The molecular formula is C35H38N2. The van der Waals surface area contributed by atoms with Gasteiger partial charge in [-0.25, -0.2) is 0 Å². The van der Waals surface area contributed by atoms with Gasteiger partial charge in [-0.1, -0.05) is 130 Å². The highest BCUT2D eigenvalue weighted by Crippen LogP contribution is 2.49. The molecule has 4 aromatic carbocycles. The summed E-state index contributed by atoms with van der Waals surface area (Å²) in [6.07, 6.45) is 3.12. The highest BCUT2D eigenvalue weighted by atomic mass is 15.0. The van der Waals surface area contributed by atoms with Crippen LogP contribution in [0.5, 0.6) is 0 Å². The summed E-state index contributed by atoms with van der Waals surface area (Å²) in [5.41, 5.74) is 11.3. The maximum atomic E-state index is 4.59. The van der Waals surface area contributed by atoms with Crippen molar-refractivity contribution in [2.75, 3.05) is 7.05 Å². The maximum Gasteiger partial charge on any atom is 0.132 e. The van der Waals surface area contributed by atoms with E-state index in [1.165, 1.54) is 38.9 Å². The first kappa shape index (κ1) is 26.2. The van der Waals surface area contributed by atoms with E-state index < -0.39 is 0 Å². The van der Waals surface area contributed by atoms with Gasteiger partial charge < -0.3 is 5.32 Å². The van der Waals surface area contributed by atoms with Gasteiger partial charge in [-0.15, -0.1) is 0 Å². The molecule has 0 bridgehead atoms. The third-order valence-electron chi connectivity index (χ3n) is 7.05. The van der Waals surface area contributed by atoms with Crippen LogP contribution < -0.4 is 5.32 Å². The summed E-state index contributed by atoms with van der Waals surface area (Å²) >= 11 is 0. The first-order chi connectivity index (χ1) is 18.0.